The van der Waals surface area contributed by atoms with Crippen LogP contribution in [0.5, 0.6) is 0 Å². The van der Waals surface area contributed by atoms with Gasteiger partial charge in [0, 0.05) is 62.2 Å². The molecular weight excluding hydrogens is 869 g/mol. The van der Waals surface area contributed by atoms with Crippen molar-refractivity contribution in [1.29, 1.82) is 7.84 Å². The van der Waals surface area contributed by atoms with E-state index >= 15 is 0 Å². The van der Waals surface area contributed by atoms with Crippen LogP contribution < -0.4 is 0 Å². The van der Waals surface area contributed by atoms with Crippen LogP contribution in [0.4, 0.5) is 0 Å². The van der Waals surface area contributed by atoms with Gasteiger partial charge in [0.1, 0.15) is 64.2 Å². The number of hydrogen-bond donors (Lipinski definition) is 1. The van der Waals surface area contributed by atoms with Gasteiger partial charge in [-0.1, -0.05) is 57.4 Å². The van der Waals surface area contributed by atoms with Crippen LogP contribution in [0.15, 0.2) is 0 Å². The molecule has 0 aromatic carbocycles. The molecule has 3 rings (SSSR count). The number of methoxy groups -OCH3 is 3. The number of rotatable bonds is 28. The molecule has 15 atom stereocenters. The van der Waals surface area contributed by atoms with E-state index < -0.39 is 51.1 Å². The third kappa shape index (κ3) is 19.8. The molecule has 0 bridgehead atoms. The molecule has 0 amide bonds. The highest BCUT2D eigenvalue weighted by Crippen LogP contribution is 2.57. The topological polar surface area (TPSA) is 122 Å². The van der Waals surface area contributed by atoms with E-state index in [1.807, 2.05) is 6.66 Å². The third-order valence-electron chi connectivity index (χ3n) is 10.8. The summed E-state index contributed by atoms with van der Waals surface area (Å²) >= 11 is 3.12. The number of ether oxygens (including phenoxy) is 6. The van der Waals surface area contributed by atoms with Crippen molar-refractivity contribution in [2.24, 2.45) is 34.5 Å². The summed E-state index contributed by atoms with van der Waals surface area (Å²) in [5, 5.41) is 10.3. The van der Waals surface area contributed by atoms with Crippen molar-refractivity contribution in [3.8, 4) is 0 Å². The van der Waals surface area contributed by atoms with E-state index in [0.717, 1.165) is 70.4 Å². The van der Waals surface area contributed by atoms with E-state index in [4.69, 9.17) is 73.0 Å². The largest absolute Gasteiger partial charge is 0.390 e. The van der Waals surface area contributed by atoms with Crippen molar-refractivity contribution in [2.75, 3.05) is 74.9 Å². The maximum absolute atomic E-state index is 10.3. The van der Waals surface area contributed by atoms with E-state index in [2.05, 4.69) is 34.6 Å². The zero-order valence-corrected chi connectivity index (χ0v) is 41.3. The Morgan fingerprint density at radius 1 is 0.732 bits per heavy atom. The predicted molar refractivity (Wildman–Crippen MR) is 251 cm³/mol. The van der Waals surface area contributed by atoms with E-state index in [9.17, 15) is 5.11 Å². The minimum Gasteiger partial charge on any atom is -0.390 e. The predicted octanol–water partition coefficient (Wildman–Crippen LogP) is 6.25. The summed E-state index contributed by atoms with van der Waals surface area (Å²) in [5.74, 6) is 0.765. The maximum atomic E-state index is 10.3. The van der Waals surface area contributed by atoms with Gasteiger partial charge in [-0.3, -0.25) is 0 Å². The molecule has 0 aromatic rings. The fraction of sp³-hybridized carbons (Fsp3) is 1.00. The van der Waals surface area contributed by atoms with Gasteiger partial charge in [-0.15, -0.1) is 0 Å². The van der Waals surface area contributed by atoms with Crippen LogP contribution in [0.1, 0.15) is 53.9 Å². The van der Waals surface area contributed by atoms with Gasteiger partial charge in [0.15, 0.2) is 0 Å². The van der Waals surface area contributed by atoms with E-state index in [0.29, 0.717) is 32.3 Å². The van der Waals surface area contributed by atoms with Crippen LogP contribution in [0.2, 0.25) is 0 Å². The number of aliphatic hydroxyl groups is 1. The summed E-state index contributed by atoms with van der Waals surface area (Å²) < 4.78 is 103. The van der Waals surface area contributed by atoms with Crippen molar-refractivity contribution in [1.82, 2.24) is 0 Å². The first-order chi connectivity index (χ1) is 29.2. The van der Waals surface area contributed by atoms with Crippen molar-refractivity contribution in [2.45, 2.75) is 90.5 Å². The van der Waals surface area contributed by atoms with E-state index in [1.54, 1.807) is 20.9 Å². The number of aliphatic hydroxyl groups excluding tert-OH is 1. The molecule has 3 aliphatic carbocycles. The first kappa shape index (κ1) is 47.0. The minimum absolute atomic E-state index is 0.0392. The van der Waals surface area contributed by atoms with Crippen LogP contribution >= 0.6 is 73.9 Å². The van der Waals surface area contributed by atoms with Crippen LogP contribution in [0.3, 0.4) is 0 Å². The van der Waals surface area contributed by atoms with E-state index in [-0.39, 0.29) is 73.2 Å². The van der Waals surface area contributed by atoms with Crippen LogP contribution in [0.25, 0.3) is 0 Å². The van der Waals surface area contributed by atoms with Gasteiger partial charge in [0.05, 0.1) is 54.2 Å². The Kier molecular flexibility index (Phi) is 26.7. The summed E-state index contributed by atoms with van der Waals surface area (Å²) in [5.41, 5.74) is 0.124. The lowest BCUT2D eigenvalue weighted by molar-refractivity contribution is -0.114. The smallest absolute Gasteiger partial charge is 0.148 e. The van der Waals surface area contributed by atoms with Crippen molar-refractivity contribution >= 4 is 112 Å². The van der Waals surface area contributed by atoms with Gasteiger partial charge in [-0.2, -0.15) is 0 Å². The molecule has 0 aromatic heterocycles. The first-order valence-corrected chi connectivity index (χ1v) is 28.4. The average Bonchev–Trinajstić information content (AvgIpc) is 3.74. The van der Waals surface area contributed by atoms with Crippen LogP contribution in [-0.4, -0.2) is 162 Å². The van der Waals surface area contributed by atoms with E-state index in [1.165, 1.54) is 7.11 Å². The Hall–Kier alpha value is 3.04. The fourth-order valence-corrected chi connectivity index (χ4v) is 10.3. The molecule has 56 heavy (non-hydrogen) atoms. The third-order valence-corrected chi connectivity index (χ3v) is 14.6. The van der Waals surface area contributed by atoms with Gasteiger partial charge < -0.3 is 55.1 Å². The molecule has 7 radical (unpaired) electrons. The minimum atomic E-state index is -1.35. The normalized spacial score (nSPS) is 34.6. The molecule has 0 aliphatic heterocycles. The molecular formula is C31H65B5O12P5S3. The summed E-state index contributed by atoms with van der Waals surface area (Å²) in [6, 6.07) is 0. The summed E-state index contributed by atoms with van der Waals surface area (Å²) in [6.45, 7) is 16.8. The van der Waals surface area contributed by atoms with Gasteiger partial charge in [0.25, 0.3) is 0 Å². The highest BCUT2D eigenvalue weighted by atomic mass is 32.7. The van der Waals surface area contributed by atoms with Crippen LogP contribution in [-0.2, 0) is 50.0 Å². The SMILES string of the molecule is [2H]P([B][3H])SOCC1CC(OCOC)C(C)(C)C1(C)C.[2H]P([B][3H])SOCC1CC(OCOC)[C@H](OP([B])C)[C@@H]1C.[2H]P([B][3H])SOCC1CC(OCOC)[C@H](OP([B])C)[C@H]1O. The van der Waals surface area contributed by atoms with Crippen LogP contribution in [0, 0.1) is 34.5 Å². The average molecular weight is 944 g/mol. The zero-order valence-electron chi connectivity index (χ0n) is 40.4. The molecule has 319 valence electrons. The second kappa shape index (κ2) is 31.8. The lowest BCUT2D eigenvalue weighted by Gasteiger charge is -2.41. The molecule has 11 unspecified atom stereocenters. The summed E-state index contributed by atoms with van der Waals surface area (Å²) in [6.07, 6.45) is 0.831. The number of hydrogen-bond acceptors (Lipinski definition) is 15. The molecule has 0 spiro atoms. The van der Waals surface area contributed by atoms with Crippen molar-refractivity contribution in [3.05, 3.63) is 0 Å². The molecule has 3 fully saturated rings. The molecule has 0 saturated heterocycles. The highest BCUT2D eigenvalue weighted by molar-refractivity contribution is 8.54. The Bertz CT molecular complexity index is 1120. The molecule has 0 heterocycles. The molecule has 1 N–H and O–H groups in total. The van der Waals surface area contributed by atoms with Gasteiger partial charge >= 0.3 is 0 Å². The lowest BCUT2D eigenvalue weighted by Crippen LogP contribution is -2.39. The quantitative estimate of drug-likeness (QED) is 0.0412. The maximum Gasteiger partial charge on any atom is 0.148 e. The standard InChI is InChI=1S/C12H25BO3PS.C10H21B2O4P2S.C9H19B2O5P2S/c1-11(2)9(7-16-18-17-13)6-10(12(11,3)4)15-8-14-5;1-7-8(5-15-19-17-11)4-9(14-6-13-2)10(7)16-18(3)12;1-13-5-14-7-3-6(4-15-19-17-10)8(12)9(7)16-18(2)11/h9-10,13,17H,6-8H2,1-5H3;7-11,17H,4-6H2,1-3H3;6-10,12,17H,3-5H2,1-2H3/t;7-,8?,9?,10-,17?,18?;6?,7?,8-,9-,17?,18?/m.10/s1/i13T,17D;11T,17D;10T,17D. The molecule has 25 heteroatoms. The Morgan fingerprint density at radius 2 is 1.18 bits per heavy atom. The Morgan fingerprint density at radius 3 is 1.68 bits per heavy atom. The Balaban J connectivity index is 0.000000465. The first-order valence-electron chi connectivity index (χ1n) is 21.0. The van der Waals surface area contributed by atoms with Crippen molar-refractivity contribution < 1.29 is 55.1 Å². The lowest BCUT2D eigenvalue weighted by atomic mass is 9.66. The monoisotopic (exact) mass is 944 g/mol. The second-order valence-corrected chi connectivity index (χ2v) is 22.3. The van der Waals surface area contributed by atoms with Gasteiger partial charge in [-0.25, -0.2) is 0 Å². The fourth-order valence-electron chi connectivity index (χ4n) is 6.95. The van der Waals surface area contributed by atoms with Gasteiger partial charge in [-0.05, 0) is 81.2 Å². The Labute approximate surface area is 372 Å². The molecule has 3 saturated carbocycles. The van der Waals surface area contributed by atoms with Gasteiger partial charge in [0.2, 0.25) is 0 Å². The summed E-state index contributed by atoms with van der Waals surface area (Å²) in [7, 11) is 13.6. The summed E-state index contributed by atoms with van der Waals surface area (Å²) in [4.78, 5) is 0. The molecule has 3 aliphatic rings. The zero-order chi connectivity index (χ0) is 47.0. The molecule has 12 nitrogen and oxygen atoms in total. The second-order valence-electron chi connectivity index (χ2n) is 14.6. The highest BCUT2D eigenvalue weighted by Gasteiger charge is 2.55. The van der Waals surface area contributed by atoms with Crippen molar-refractivity contribution in [3.63, 3.8) is 0 Å².